The highest BCUT2D eigenvalue weighted by Gasteiger charge is 2.48. The molecule has 0 saturated carbocycles. The molecule has 456 valence electrons. The van der Waals surface area contributed by atoms with Crippen LogP contribution in [0.25, 0.3) is 0 Å². The fourth-order valence-corrected chi connectivity index (χ4v) is 7.63. The Morgan fingerprint density at radius 1 is 0.593 bits per heavy atom. The SMILES string of the molecule is COCCOCCOCCOCCOCCOCCOCCOCCOCCOCCOCCOc1ccc(C[C@@H](C(=O)NCCCCc2ccc(COC(C)=O)c(O[C@@H]3O[C@H](C(=O)O)[C@@H](O)[C@H](O)[C@H]3O)c2)N2C(=O)C=CC2=O)cc1. The minimum Gasteiger partial charge on any atom is -0.491 e. The van der Waals surface area contributed by atoms with Crippen LogP contribution in [0.5, 0.6) is 11.5 Å². The lowest BCUT2D eigenvalue weighted by molar-refractivity contribution is -0.271. The largest absolute Gasteiger partial charge is 0.491 e. The zero-order valence-corrected chi connectivity index (χ0v) is 46.4. The van der Waals surface area contributed by atoms with Crippen molar-refractivity contribution in [2.24, 2.45) is 0 Å². The number of amides is 3. The van der Waals surface area contributed by atoms with Gasteiger partial charge in [0, 0.05) is 44.7 Å². The zero-order valence-electron chi connectivity index (χ0n) is 46.4. The van der Waals surface area contributed by atoms with Crippen molar-refractivity contribution < 1.29 is 115 Å². The Balaban J connectivity index is 1.00. The van der Waals surface area contributed by atoms with Gasteiger partial charge in [-0.2, -0.15) is 0 Å². The number of aliphatic carboxylic acids is 1. The van der Waals surface area contributed by atoms with E-state index in [1.807, 2.05) is 0 Å². The molecule has 0 spiro atoms. The van der Waals surface area contributed by atoms with E-state index >= 15 is 0 Å². The van der Waals surface area contributed by atoms with E-state index in [9.17, 15) is 44.4 Å². The monoisotopic (exact) mass is 1150 g/mol. The van der Waals surface area contributed by atoms with Crippen LogP contribution in [0.2, 0.25) is 0 Å². The first-order chi connectivity index (χ1) is 39.4. The number of aryl methyl sites for hydroxylation is 1. The van der Waals surface area contributed by atoms with E-state index in [0.717, 1.165) is 17.1 Å². The van der Waals surface area contributed by atoms with E-state index in [4.69, 9.17) is 71.1 Å². The molecule has 0 aliphatic carbocycles. The van der Waals surface area contributed by atoms with Crippen molar-refractivity contribution in [1.82, 2.24) is 10.2 Å². The molecular formula is C55H82N2O24. The number of aliphatic hydroxyl groups excluding tert-OH is 3. The van der Waals surface area contributed by atoms with Crippen molar-refractivity contribution >= 4 is 29.7 Å². The normalized spacial score (nSPS) is 18.3. The Bertz CT molecular complexity index is 2100. The zero-order chi connectivity index (χ0) is 58.3. The molecule has 2 heterocycles. The second-order valence-corrected chi connectivity index (χ2v) is 18.0. The summed E-state index contributed by atoms with van der Waals surface area (Å²) in [6.45, 7) is 11.1. The third kappa shape index (κ3) is 28.0. The molecule has 2 aromatic carbocycles. The van der Waals surface area contributed by atoms with Gasteiger partial charge in [0.05, 0.1) is 139 Å². The molecule has 26 heteroatoms. The van der Waals surface area contributed by atoms with E-state index < -0.39 is 66.4 Å². The van der Waals surface area contributed by atoms with Gasteiger partial charge in [0.25, 0.3) is 11.8 Å². The molecule has 26 nitrogen and oxygen atoms in total. The van der Waals surface area contributed by atoms with Gasteiger partial charge in [0.2, 0.25) is 12.2 Å². The van der Waals surface area contributed by atoms with Crippen molar-refractivity contribution in [3.63, 3.8) is 0 Å². The van der Waals surface area contributed by atoms with Crippen LogP contribution in [0, 0.1) is 0 Å². The average Bonchev–Trinajstić information content (AvgIpc) is 3.96. The minimum absolute atomic E-state index is 0.0498. The molecule has 2 aromatic rings. The fraction of sp³-hybridized carbons (Fsp3) is 0.655. The number of carboxylic acid groups (broad SMARTS) is 1. The number of benzene rings is 2. The van der Waals surface area contributed by atoms with E-state index in [2.05, 4.69) is 5.32 Å². The number of hydrogen-bond acceptors (Lipinski definition) is 23. The van der Waals surface area contributed by atoms with E-state index in [-0.39, 0.29) is 31.9 Å². The number of unbranched alkanes of at least 4 members (excludes halogenated alkanes) is 1. The molecule has 0 radical (unpaired) electrons. The number of rotatable bonds is 48. The number of imide groups is 1. The van der Waals surface area contributed by atoms with Crippen LogP contribution in [0.15, 0.2) is 54.6 Å². The number of nitrogens with one attached hydrogen (secondary N) is 1. The van der Waals surface area contributed by atoms with Gasteiger partial charge in [0.1, 0.15) is 49.1 Å². The number of hydrogen-bond donors (Lipinski definition) is 5. The third-order valence-corrected chi connectivity index (χ3v) is 11.9. The summed E-state index contributed by atoms with van der Waals surface area (Å²) in [7, 11) is 1.63. The molecular weight excluding hydrogens is 1070 g/mol. The Labute approximate surface area is 471 Å². The first kappa shape index (κ1) is 68.2. The summed E-state index contributed by atoms with van der Waals surface area (Å²) in [5.74, 6) is -3.24. The first-order valence-electron chi connectivity index (χ1n) is 27.0. The van der Waals surface area contributed by atoms with E-state index in [0.29, 0.717) is 180 Å². The first-order valence-corrected chi connectivity index (χ1v) is 27.0. The summed E-state index contributed by atoms with van der Waals surface area (Å²) < 4.78 is 81.8. The molecule has 2 aliphatic heterocycles. The number of ether oxygens (including phenoxy) is 15. The summed E-state index contributed by atoms with van der Waals surface area (Å²) in [6, 6.07) is 10.8. The number of nitrogens with zero attached hydrogens (tertiary/aromatic N) is 1. The molecule has 6 atom stereocenters. The standard InChI is InChI=1S/C55H82N2O24/c1-40(58)79-39-43-9-6-41(38-46(43)80-55-51(63)49(61)50(62)52(81-55)54(65)66)5-3-4-14-56-53(64)45(57-47(59)12-13-48(57)60)37-42-7-10-44(11-8-42)78-36-35-77-34-33-76-32-31-75-30-29-74-28-27-73-26-25-72-24-23-71-22-21-70-20-19-69-18-17-68-16-15-67-2/h6-13,38,45,49-52,55,61-63H,3-5,14-37,39H2,1-2H3,(H,56,64)(H,65,66)/t45-,49-,50-,51+,52-,55+/m0/s1. The fourth-order valence-electron chi connectivity index (χ4n) is 7.63. The topological polar surface area (TPSA) is 320 Å². The highest BCUT2D eigenvalue weighted by molar-refractivity contribution is 6.15. The average molecular weight is 1160 g/mol. The second-order valence-electron chi connectivity index (χ2n) is 18.0. The summed E-state index contributed by atoms with van der Waals surface area (Å²) >= 11 is 0. The van der Waals surface area contributed by atoms with Crippen LogP contribution in [0.1, 0.15) is 36.5 Å². The molecule has 0 aromatic heterocycles. The lowest BCUT2D eigenvalue weighted by atomic mass is 9.99. The van der Waals surface area contributed by atoms with Gasteiger partial charge in [-0.25, -0.2) is 4.79 Å². The van der Waals surface area contributed by atoms with E-state index in [1.54, 1.807) is 49.6 Å². The van der Waals surface area contributed by atoms with Crippen LogP contribution in [-0.2, 0) is 105 Å². The molecule has 3 amide bonds. The van der Waals surface area contributed by atoms with Crippen molar-refractivity contribution in [1.29, 1.82) is 0 Å². The van der Waals surface area contributed by atoms with Crippen molar-refractivity contribution in [3.8, 4) is 11.5 Å². The maximum absolute atomic E-state index is 13.6. The van der Waals surface area contributed by atoms with Crippen LogP contribution in [0.3, 0.4) is 0 Å². The Hall–Kier alpha value is -5.27. The predicted molar refractivity (Wildman–Crippen MR) is 283 cm³/mol. The number of esters is 1. The predicted octanol–water partition coefficient (Wildman–Crippen LogP) is 0.187. The van der Waals surface area contributed by atoms with Crippen LogP contribution >= 0.6 is 0 Å². The highest BCUT2D eigenvalue weighted by atomic mass is 16.7. The molecule has 81 heavy (non-hydrogen) atoms. The van der Waals surface area contributed by atoms with Gasteiger partial charge in [0.15, 0.2) is 6.10 Å². The van der Waals surface area contributed by atoms with Gasteiger partial charge >= 0.3 is 11.9 Å². The van der Waals surface area contributed by atoms with Crippen LogP contribution in [0.4, 0.5) is 0 Å². The highest BCUT2D eigenvalue weighted by Crippen LogP contribution is 2.29. The molecule has 1 fully saturated rings. The Kier molecular flexibility index (Phi) is 35.1. The van der Waals surface area contributed by atoms with Gasteiger partial charge < -0.3 is 96.8 Å². The Morgan fingerprint density at radius 3 is 1.51 bits per heavy atom. The lowest BCUT2D eigenvalue weighted by Crippen LogP contribution is -2.61. The number of methoxy groups -OCH3 is 1. The molecule has 2 aliphatic rings. The molecule has 0 unspecified atom stereocenters. The van der Waals surface area contributed by atoms with Crippen molar-refractivity contribution in [2.45, 2.75) is 76.0 Å². The maximum Gasteiger partial charge on any atom is 0.335 e. The second kappa shape index (κ2) is 41.7. The number of carboxylic acids is 1. The minimum atomic E-state index is -1.91. The van der Waals surface area contributed by atoms with E-state index in [1.165, 1.54) is 6.92 Å². The molecule has 0 bridgehead atoms. The number of aliphatic hydroxyl groups is 3. The van der Waals surface area contributed by atoms with Crippen molar-refractivity contribution in [3.05, 3.63) is 71.3 Å². The summed E-state index contributed by atoms with van der Waals surface area (Å²) in [5.41, 5.74) is 1.75. The smallest absolute Gasteiger partial charge is 0.335 e. The summed E-state index contributed by atoms with van der Waals surface area (Å²) in [5, 5.41) is 43.2. The van der Waals surface area contributed by atoms with Crippen LogP contribution in [-0.4, -0.2) is 251 Å². The lowest BCUT2D eigenvalue weighted by Gasteiger charge is -2.38. The number of carbonyl (C=O) groups excluding carboxylic acids is 4. The van der Waals surface area contributed by atoms with Crippen molar-refractivity contribution in [2.75, 3.05) is 159 Å². The third-order valence-electron chi connectivity index (χ3n) is 11.9. The number of carbonyl (C=O) groups is 5. The van der Waals surface area contributed by atoms with Crippen LogP contribution < -0.4 is 14.8 Å². The molecule has 4 rings (SSSR count). The van der Waals surface area contributed by atoms with Gasteiger partial charge in [-0.1, -0.05) is 24.3 Å². The Morgan fingerprint density at radius 2 is 1.05 bits per heavy atom. The molecule has 1 saturated heterocycles. The summed E-state index contributed by atoms with van der Waals surface area (Å²) in [4.78, 5) is 63.1. The quantitative estimate of drug-likeness (QED) is 0.0335. The maximum atomic E-state index is 13.6. The molecule has 5 N–H and O–H groups in total. The summed E-state index contributed by atoms with van der Waals surface area (Å²) in [6.07, 6.45) is -5.43. The van der Waals surface area contributed by atoms with Gasteiger partial charge in [-0.15, -0.1) is 0 Å². The van der Waals surface area contributed by atoms with Gasteiger partial charge in [-0.05, 0) is 48.6 Å². The van der Waals surface area contributed by atoms with Gasteiger partial charge in [-0.3, -0.25) is 24.1 Å².